The topological polar surface area (TPSA) is 45.2 Å². The van der Waals surface area contributed by atoms with Gasteiger partial charge in [-0.25, -0.2) is 0 Å². The van der Waals surface area contributed by atoms with Crippen molar-refractivity contribution in [1.82, 2.24) is 15.2 Å². The Labute approximate surface area is 152 Å². The van der Waals surface area contributed by atoms with Gasteiger partial charge in [-0.3, -0.25) is 9.78 Å². The molecule has 4 nitrogen and oxygen atoms in total. The molecule has 0 unspecified atom stereocenters. The molecule has 1 aliphatic heterocycles. The molecule has 1 aromatic rings. The van der Waals surface area contributed by atoms with Crippen molar-refractivity contribution in [2.75, 3.05) is 20.1 Å². The summed E-state index contributed by atoms with van der Waals surface area (Å²) in [6.45, 7) is 2.17. The summed E-state index contributed by atoms with van der Waals surface area (Å²) in [7, 11) is 1.79. The maximum Gasteiger partial charge on any atom is 0.226 e. The van der Waals surface area contributed by atoms with Gasteiger partial charge in [0.25, 0.3) is 0 Å². The fourth-order valence-electron chi connectivity index (χ4n) is 4.77. The van der Waals surface area contributed by atoms with Crippen LogP contribution in [0.25, 0.3) is 0 Å². The van der Waals surface area contributed by atoms with Crippen LogP contribution in [-0.2, 0) is 11.2 Å². The molecule has 138 valence electrons. The predicted molar refractivity (Wildman–Crippen MR) is 101 cm³/mol. The van der Waals surface area contributed by atoms with Crippen molar-refractivity contribution in [3.8, 4) is 0 Å². The van der Waals surface area contributed by atoms with Gasteiger partial charge in [0, 0.05) is 25.0 Å². The maximum absolute atomic E-state index is 12.7. The molecule has 0 spiro atoms. The first-order valence-corrected chi connectivity index (χ1v) is 10.1. The predicted octanol–water partition coefficient (Wildman–Crippen LogP) is 3.57. The third-order valence-corrected chi connectivity index (χ3v) is 6.37. The quantitative estimate of drug-likeness (QED) is 0.859. The Bertz CT molecular complexity index is 531. The monoisotopic (exact) mass is 343 g/mol. The Morgan fingerprint density at radius 3 is 2.64 bits per heavy atom. The lowest BCUT2D eigenvalue weighted by molar-refractivity contribution is -0.134. The van der Waals surface area contributed by atoms with E-state index in [4.69, 9.17) is 0 Å². The zero-order valence-corrected chi connectivity index (χ0v) is 15.7. The van der Waals surface area contributed by atoms with Crippen molar-refractivity contribution >= 4 is 5.91 Å². The summed E-state index contributed by atoms with van der Waals surface area (Å²) in [5.41, 5.74) is 0.962. The van der Waals surface area contributed by atoms with Crippen molar-refractivity contribution in [2.45, 2.75) is 70.3 Å². The normalized spacial score (nSPS) is 21.8. The number of likely N-dealkylation sites (tertiary alicyclic amines) is 1. The third-order valence-electron chi connectivity index (χ3n) is 6.37. The third kappa shape index (κ3) is 4.60. The summed E-state index contributed by atoms with van der Waals surface area (Å²) < 4.78 is 0. The number of aryl methyl sites for hydroxylation is 1. The highest BCUT2D eigenvalue weighted by Gasteiger charge is 2.41. The molecule has 4 heteroatoms. The molecule has 1 saturated carbocycles. The molecule has 3 rings (SSSR count). The van der Waals surface area contributed by atoms with E-state index in [9.17, 15) is 4.79 Å². The molecule has 1 N–H and O–H groups in total. The number of amides is 1. The lowest BCUT2D eigenvalue weighted by Gasteiger charge is -2.44. The molecule has 25 heavy (non-hydrogen) atoms. The largest absolute Gasteiger partial charge is 0.359 e. The van der Waals surface area contributed by atoms with Gasteiger partial charge in [-0.05, 0) is 70.2 Å². The lowest BCUT2D eigenvalue weighted by Crippen LogP contribution is -2.51. The number of hydrogen-bond donors (Lipinski definition) is 1. The average Bonchev–Trinajstić information content (AvgIpc) is 2.69. The van der Waals surface area contributed by atoms with Gasteiger partial charge >= 0.3 is 0 Å². The number of carbonyl (C=O) groups is 1. The van der Waals surface area contributed by atoms with Gasteiger partial charge in [-0.15, -0.1) is 0 Å². The van der Waals surface area contributed by atoms with Gasteiger partial charge < -0.3 is 10.2 Å². The van der Waals surface area contributed by atoms with Crippen LogP contribution in [-0.4, -0.2) is 42.0 Å². The number of pyridine rings is 1. The molecule has 1 amide bonds. The number of aromatic nitrogens is 1. The minimum absolute atomic E-state index is 0.172. The first-order valence-electron chi connectivity index (χ1n) is 10.1. The summed E-state index contributed by atoms with van der Waals surface area (Å²) in [5.74, 6) is 0.247. The van der Waals surface area contributed by atoms with Crippen molar-refractivity contribution in [2.24, 2.45) is 5.41 Å². The van der Waals surface area contributed by atoms with Gasteiger partial charge in [0.2, 0.25) is 5.91 Å². The Balaban J connectivity index is 1.55. The first kappa shape index (κ1) is 18.4. The molecule has 0 aromatic carbocycles. The van der Waals surface area contributed by atoms with Crippen molar-refractivity contribution < 1.29 is 4.79 Å². The van der Waals surface area contributed by atoms with E-state index < -0.39 is 0 Å². The zero-order valence-electron chi connectivity index (χ0n) is 15.7. The van der Waals surface area contributed by atoms with E-state index in [-0.39, 0.29) is 11.3 Å². The van der Waals surface area contributed by atoms with E-state index in [1.807, 2.05) is 18.3 Å². The van der Waals surface area contributed by atoms with Gasteiger partial charge in [0.05, 0.1) is 5.41 Å². The maximum atomic E-state index is 12.7. The van der Waals surface area contributed by atoms with Crippen molar-refractivity contribution in [3.63, 3.8) is 0 Å². The number of rotatable bonds is 6. The van der Waals surface area contributed by atoms with Crippen LogP contribution in [0.4, 0.5) is 0 Å². The van der Waals surface area contributed by atoms with Gasteiger partial charge in [-0.1, -0.05) is 25.3 Å². The highest BCUT2D eigenvalue weighted by molar-refractivity contribution is 5.82. The summed E-state index contributed by atoms with van der Waals surface area (Å²) in [6, 6.07) is 6.85. The number of piperidine rings is 1. The molecule has 1 aromatic heterocycles. The van der Waals surface area contributed by atoms with Crippen LogP contribution in [0.1, 0.15) is 63.5 Å². The molecular formula is C21H33N3O. The van der Waals surface area contributed by atoms with E-state index in [0.717, 1.165) is 56.9 Å². The lowest BCUT2D eigenvalue weighted by atomic mass is 9.73. The van der Waals surface area contributed by atoms with E-state index in [0.29, 0.717) is 0 Å². The van der Waals surface area contributed by atoms with E-state index in [1.54, 1.807) is 7.05 Å². The number of hydrogen-bond acceptors (Lipinski definition) is 3. The first-order chi connectivity index (χ1) is 12.2. The molecular weight excluding hydrogens is 310 g/mol. The summed E-state index contributed by atoms with van der Waals surface area (Å²) in [6.07, 6.45) is 13.7. The van der Waals surface area contributed by atoms with Crippen LogP contribution < -0.4 is 5.32 Å². The minimum atomic E-state index is -0.172. The molecule has 2 heterocycles. The van der Waals surface area contributed by atoms with Crippen LogP contribution >= 0.6 is 0 Å². The van der Waals surface area contributed by atoms with Crippen molar-refractivity contribution in [1.29, 1.82) is 0 Å². The highest BCUT2D eigenvalue weighted by Crippen LogP contribution is 2.38. The summed E-state index contributed by atoms with van der Waals surface area (Å²) in [4.78, 5) is 19.7. The second-order valence-corrected chi connectivity index (χ2v) is 7.86. The van der Waals surface area contributed by atoms with Crippen molar-refractivity contribution in [3.05, 3.63) is 30.1 Å². The van der Waals surface area contributed by atoms with Crippen LogP contribution in [0.2, 0.25) is 0 Å². The molecule has 0 radical (unpaired) electrons. The Hall–Kier alpha value is -1.42. The van der Waals surface area contributed by atoms with Crippen LogP contribution in [0.15, 0.2) is 24.4 Å². The second kappa shape index (κ2) is 8.79. The molecule has 0 atom stereocenters. The Morgan fingerprint density at radius 2 is 2.00 bits per heavy atom. The van der Waals surface area contributed by atoms with Crippen LogP contribution in [0.3, 0.4) is 0 Å². The molecule has 2 fully saturated rings. The number of carbonyl (C=O) groups excluding carboxylic acids is 1. The summed E-state index contributed by atoms with van der Waals surface area (Å²) in [5, 5.41) is 2.95. The minimum Gasteiger partial charge on any atom is -0.359 e. The Morgan fingerprint density at radius 1 is 1.24 bits per heavy atom. The standard InChI is InChI=1S/C21H33N3O/c1-22-20(25)21(12-7-9-18-8-5-6-15-23-18)13-16-24(17-14-21)19-10-3-2-4-11-19/h5-6,8,15,19H,2-4,7,9-14,16-17H2,1H3,(H,22,25). The van der Waals surface area contributed by atoms with Crippen LogP contribution in [0.5, 0.6) is 0 Å². The average molecular weight is 344 g/mol. The Kier molecular flexibility index (Phi) is 6.46. The highest BCUT2D eigenvalue weighted by atomic mass is 16.2. The molecule has 1 aliphatic carbocycles. The SMILES string of the molecule is CNC(=O)C1(CCCc2ccccn2)CCN(C2CCCCC2)CC1. The number of nitrogens with zero attached hydrogens (tertiary/aromatic N) is 2. The zero-order chi connectivity index (χ0) is 17.5. The smallest absolute Gasteiger partial charge is 0.226 e. The molecule has 0 bridgehead atoms. The van der Waals surface area contributed by atoms with E-state index in [2.05, 4.69) is 21.3 Å². The van der Waals surface area contributed by atoms with Gasteiger partial charge in [-0.2, -0.15) is 0 Å². The van der Waals surface area contributed by atoms with Crippen LogP contribution in [0, 0.1) is 5.41 Å². The van der Waals surface area contributed by atoms with Gasteiger partial charge in [0.1, 0.15) is 0 Å². The van der Waals surface area contributed by atoms with Gasteiger partial charge in [0.15, 0.2) is 0 Å². The molecule has 1 saturated heterocycles. The fraction of sp³-hybridized carbons (Fsp3) is 0.714. The fourth-order valence-corrected chi connectivity index (χ4v) is 4.77. The molecule has 2 aliphatic rings. The van der Waals surface area contributed by atoms with E-state index in [1.165, 1.54) is 32.1 Å². The van der Waals surface area contributed by atoms with E-state index >= 15 is 0 Å². The summed E-state index contributed by atoms with van der Waals surface area (Å²) >= 11 is 0. The number of nitrogens with one attached hydrogen (secondary N) is 1. The second-order valence-electron chi connectivity index (χ2n) is 7.86.